The van der Waals surface area contributed by atoms with Gasteiger partial charge >= 0.3 is 5.69 Å². The highest BCUT2D eigenvalue weighted by Gasteiger charge is 2.06. The zero-order chi connectivity index (χ0) is 19.2. The first-order chi connectivity index (χ1) is 13.0. The molecule has 0 radical (unpaired) electrons. The zero-order valence-electron chi connectivity index (χ0n) is 14.1. The van der Waals surface area contributed by atoms with Crippen LogP contribution in [0.1, 0.15) is 5.56 Å². The molecule has 1 amide bonds. The number of anilines is 1. The summed E-state index contributed by atoms with van der Waals surface area (Å²) in [7, 11) is 0. The summed E-state index contributed by atoms with van der Waals surface area (Å²) in [6.07, 6.45) is 1.25. The summed E-state index contributed by atoms with van der Waals surface area (Å²) < 4.78 is 19.6. The Labute approximate surface area is 153 Å². The number of ether oxygens (including phenoxy) is 1. The summed E-state index contributed by atoms with van der Waals surface area (Å²) in [5, 5.41) is 2.66. The van der Waals surface area contributed by atoms with Crippen molar-refractivity contribution in [2.45, 2.75) is 13.2 Å². The number of halogens is 1. The van der Waals surface area contributed by atoms with Crippen LogP contribution >= 0.6 is 0 Å². The van der Waals surface area contributed by atoms with Crippen molar-refractivity contribution in [3.63, 3.8) is 0 Å². The third-order valence-corrected chi connectivity index (χ3v) is 3.65. The molecule has 0 fully saturated rings. The third-order valence-electron chi connectivity index (χ3n) is 3.65. The van der Waals surface area contributed by atoms with E-state index in [0.29, 0.717) is 11.4 Å². The van der Waals surface area contributed by atoms with E-state index in [1.54, 1.807) is 36.4 Å². The second-order valence-corrected chi connectivity index (χ2v) is 5.73. The van der Waals surface area contributed by atoms with Crippen LogP contribution in [0.25, 0.3) is 0 Å². The number of nitrogens with zero attached hydrogens (tertiary/aromatic N) is 1. The van der Waals surface area contributed by atoms with Gasteiger partial charge in [-0.3, -0.25) is 19.1 Å². The molecular weight excluding hydrogens is 353 g/mol. The van der Waals surface area contributed by atoms with E-state index < -0.39 is 17.2 Å². The summed E-state index contributed by atoms with van der Waals surface area (Å²) in [6.45, 7) is 0.0146. The molecule has 0 saturated carbocycles. The molecule has 2 aromatic carbocycles. The Bertz CT molecular complexity index is 1060. The fourth-order valence-electron chi connectivity index (χ4n) is 2.33. The summed E-state index contributed by atoms with van der Waals surface area (Å²) >= 11 is 0. The van der Waals surface area contributed by atoms with E-state index in [0.717, 1.165) is 10.1 Å². The van der Waals surface area contributed by atoms with E-state index >= 15 is 0 Å². The van der Waals surface area contributed by atoms with Gasteiger partial charge in [-0.1, -0.05) is 18.2 Å². The van der Waals surface area contributed by atoms with Gasteiger partial charge in [0.1, 0.15) is 24.7 Å². The number of hydrogen-bond donors (Lipinski definition) is 2. The Kier molecular flexibility index (Phi) is 5.46. The molecule has 0 unspecified atom stereocenters. The lowest BCUT2D eigenvalue weighted by molar-refractivity contribution is -0.116. The third kappa shape index (κ3) is 5.15. The maximum absolute atomic E-state index is 12.9. The summed E-state index contributed by atoms with van der Waals surface area (Å²) in [4.78, 5) is 36.8. The summed E-state index contributed by atoms with van der Waals surface area (Å²) in [5.41, 5.74) is 0.119. The largest absolute Gasteiger partial charge is 0.489 e. The number of carbonyl (C=O) groups excluding carboxylic acids is 1. The van der Waals surface area contributed by atoms with Gasteiger partial charge in [-0.2, -0.15) is 0 Å². The Morgan fingerprint density at radius 2 is 1.89 bits per heavy atom. The molecule has 0 aliphatic carbocycles. The van der Waals surface area contributed by atoms with Crippen LogP contribution in [-0.4, -0.2) is 15.5 Å². The lowest BCUT2D eigenvalue weighted by Gasteiger charge is -2.10. The minimum absolute atomic E-state index is 0.240. The number of aromatic nitrogens is 2. The van der Waals surface area contributed by atoms with Crippen molar-refractivity contribution in [2.75, 3.05) is 5.32 Å². The van der Waals surface area contributed by atoms with Gasteiger partial charge in [0.05, 0.1) is 0 Å². The van der Waals surface area contributed by atoms with E-state index in [-0.39, 0.29) is 19.0 Å². The molecule has 0 spiro atoms. The van der Waals surface area contributed by atoms with Crippen LogP contribution < -0.4 is 21.3 Å². The number of aromatic amines is 1. The number of rotatable bonds is 6. The highest BCUT2D eigenvalue weighted by Crippen LogP contribution is 2.18. The topological polar surface area (TPSA) is 93.2 Å². The van der Waals surface area contributed by atoms with E-state index in [4.69, 9.17) is 4.74 Å². The number of hydrogen-bond acceptors (Lipinski definition) is 4. The molecular formula is C19H16FN3O4. The van der Waals surface area contributed by atoms with Crippen LogP contribution in [-0.2, 0) is 17.9 Å². The molecule has 7 nitrogen and oxygen atoms in total. The molecule has 1 aromatic heterocycles. The quantitative estimate of drug-likeness (QED) is 0.694. The molecule has 0 bridgehead atoms. The van der Waals surface area contributed by atoms with Crippen LogP contribution in [0.15, 0.2) is 70.4 Å². The van der Waals surface area contributed by atoms with Gasteiger partial charge in [-0.05, 0) is 29.8 Å². The predicted octanol–water partition coefficient (Wildman–Crippen LogP) is 1.89. The average Bonchev–Trinajstić information content (AvgIpc) is 2.64. The first-order valence-electron chi connectivity index (χ1n) is 8.06. The van der Waals surface area contributed by atoms with E-state index in [1.807, 2.05) is 0 Å². The van der Waals surface area contributed by atoms with Gasteiger partial charge in [-0.25, -0.2) is 9.18 Å². The second-order valence-electron chi connectivity index (χ2n) is 5.73. The summed E-state index contributed by atoms with van der Waals surface area (Å²) in [6, 6.07) is 13.9. The highest BCUT2D eigenvalue weighted by molar-refractivity contribution is 5.90. The Morgan fingerprint density at radius 3 is 2.63 bits per heavy atom. The van der Waals surface area contributed by atoms with E-state index in [2.05, 4.69) is 10.3 Å². The first-order valence-corrected chi connectivity index (χ1v) is 8.06. The molecule has 138 valence electrons. The van der Waals surface area contributed by atoms with Gasteiger partial charge in [0.2, 0.25) is 5.91 Å². The SMILES string of the molecule is O=C(Cn1ccc(=O)[nH]c1=O)Nc1cccc(OCc2ccc(F)cc2)c1. The van der Waals surface area contributed by atoms with Crippen LogP contribution in [0.4, 0.5) is 10.1 Å². The standard InChI is InChI=1S/C19H16FN3O4/c20-14-6-4-13(5-7-14)12-27-16-3-1-2-15(10-16)21-18(25)11-23-9-8-17(24)22-19(23)26/h1-10H,11-12H2,(H,21,25)(H,22,24,26). The van der Waals surface area contributed by atoms with Gasteiger partial charge in [-0.15, -0.1) is 0 Å². The van der Waals surface area contributed by atoms with Crippen molar-refractivity contribution in [1.82, 2.24) is 9.55 Å². The molecule has 0 atom stereocenters. The van der Waals surface area contributed by atoms with Crippen molar-refractivity contribution in [3.8, 4) is 5.75 Å². The van der Waals surface area contributed by atoms with E-state index in [9.17, 15) is 18.8 Å². The molecule has 3 aromatic rings. The normalized spacial score (nSPS) is 10.4. The Hall–Kier alpha value is -3.68. The van der Waals surface area contributed by atoms with Gasteiger partial charge in [0, 0.05) is 24.0 Å². The highest BCUT2D eigenvalue weighted by atomic mass is 19.1. The van der Waals surface area contributed by atoms with Crippen LogP contribution in [0.2, 0.25) is 0 Å². The molecule has 3 rings (SSSR count). The molecule has 0 aliphatic heterocycles. The zero-order valence-corrected chi connectivity index (χ0v) is 14.1. The minimum Gasteiger partial charge on any atom is -0.489 e. The maximum atomic E-state index is 12.9. The lowest BCUT2D eigenvalue weighted by atomic mass is 10.2. The van der Waals surface area contributed by atoms with Crippen molar-refractivity contribution >= 4 is 11.6 Å². The molecule has 27 heavy (non-hydrogen) atoms. The number of amides is 1. The van der Waals surface area contributed by atoms with E-state index in [1.165, 1.54) is 24.4 Å². The molecule has 8 heteroatoms. The number of carbonyl (C=O) groups is 1. The van der Waals surface area contributed by atoms with Crippen LogP contribution in [0, 0.1) is 5.82 Å². The second kappa shape index (κ2) is 8.13. The van der Waals surface area contributed by atoms with Crippen molar-refractivity contribution in [3.05, 3.63) is 93.0 Å². The molecule has 2 N–H and O–H groups in total. The fraction of sp³-hybridized carbons (Fsp3) is 0.105. The fourth-order valence-corrected chi connectivity index (χ4v) is 2.33. The van der Waals surface area contributed by atoms with Crippen LogP contribution in [0.3, 0.4) is 0 Å². The predicted molar refractivity (Wildman–Crippen MR) is 97.1 cm³/mol. The lowest BCUT2D eigenvalue weighted by Crippen LogP contribution is -2.32. The number of nitrogens with one attached hydrogen (secondary N) is 2. The van der Waals surface area contributed by atoms with Gasteiger partial charge in [0.15, 0.2) is 0 Å². The van der Waals surface area contributed by atoms with Gasteiger partial charge < -0.3 is 10.1 Å². The molecule has 1 heterocycles. The smallest absolute Gasteiger partial charge is 0.328 e. The average molecular weight is 369 g/mol. The van der Waals surface area contributed by atoms with Crippen molar-refractivity contribution < 1.29 is 13.9 Å². The Balaban J connectivity index is 1.61. The maximum Gasteiger partial charge on any atom is 0.328 e. The molecule has 0 aliphatic rings. The monoisotopic (exact) mass is 369 g/mol. The first kappa shape index (κ1) is 18.1. The molecule has 0 saturated heterocycles. The Morgan fingerprint density at radius 1 is 1.11 bits per heavy atom. The van der Waals surface area contributed by atoms with Crippen molar-refractivity contribution in [1.29, 1.82) is 0 Å². The van der Waals surface area contributed by atoms with Crippen LogP contribution in [0.5, 0.6) is 5.75 Å². The van der Waals surface area contributed by atoms with Gasteiger partial charge in [0.25, 0.3) is 5.56 Å². The summed E-state index contributed by atoms with van der Waals surface area (Å²) in [5.74, 6) is -0.219. The number of benzene rings is 2. The minimum atomic E-state index is -0.658. The number of H-pyrrole nitrogens is 1. The van der Waals surface area contributed by atoms with Crippen molar-refractivity contribution in [2.24, 2.45) is 0 Å².